The Morgan fingerprint density at radius 3 is 2.55 bits per heavy atom. The van der Waals surface area contributed by atoms with Crippen LogP contribution in [0.15, 0.2) is 0 Å². The molecule has 0 atom stereocenters. The van der Waals surface area contributed by atoms with Crippen molar-refractivity contribution in [3.8, 4) is 0 Å². The summed E-state index contributed by atoms with van der Waals surface area (Å²) < 4.78 is 4.92. The minimum atomic E-state index is 0.115. The molecule has 11 heavy (non-hydrogen) atoms. The fraction of sp³-hybridized carbons (Fsp3) is 0.875. The second-order valence-electron chi connectivity index (χ2n) is 2.03. The van der Waals surface area contributed by atoms with E-state index in [0.29, 0.717) is 6.61 Å². The number of ether oxygens (including phenoxy) is 1. The summed E-state index contributed by atoms with van der Waals surface area (Å²) in [7, 11) is 0. The Bertz CT molecular complexity index is 115. The maximum Gasteiger partial charge on any atom is 0.248 e. The van der Waals surface area contributed by atoms with E-state index < -0.39 is 0 Å². The van der Waals surface area contributed by atoms with Crippen LogP contribution >= 0.6 is 0 Å². The molecule has 0 N–H and O–H groups in total. The van der Waals surface area contributed by atoms with Crippen molar-refractivity contribution >= 4 is 5.91 Å². The summed E-state index contributed by atoms with van der Waals surface area (Å²) in [4.78, 5) is 12.6. The zero-order valence-electron chi connectivity index (χ0n) is 7.59. The average molecular weight is 159 g/mol. The molecule has 66 valence electrons. The van der Waals surface area contributed by atoms with Crippen LogP contribution in [-0.4, -0.2) is 37.1 Å². The molecule has 1 heterocycles. The van der Waals surface area contributed by atoms with Gasteiger partial charge in [0, 0.05) is 13.1 Å². The monoisotopic (exact) mass is 159 g/mol. The predicted molar refractivity (Wildman–Crippen MR) is 44.4 cm³/mol. The molecule has 0 aromatic rings. The average Bonchev–Trinajstić information content (AvgIpc) is 2.09. The van der Waals surface area contributed by atoms with E-state index in [1.165, 1.54) is 0 Å². The summed E-state index contributed by atoms with van der Waals surface area (Å²) in [5.74, 6) is 0.115. The summed E-state index contributed by atoms with van der Waals surface area (Å²) in [6, 6.07) is 0. The highest BCUT2D eigenvalue weighted by molar-refractivity contribution is 5.77. The van der Waals surface area contributed by atoms with Crippen molar-refractivity contribution in [2.45, 2.75) is 20.8 Å². The quantitative estimate of drug-likeness (QED) is 0.568. The van der Waals surface area contributed by atoms with Gasteiger partial charge < -0.3 is 9.64 Å². The third-order valence-electron chi connectivity index (χ3n) is 1.47. The number of hydrogen-bond acceptors (Lipinski definition) is 2. The molecule has 3 nitrogen and oxygen atoms in total. The van der Waals surface area contributed by atoms with Gasteiger partial charge in [-0.25, -0.2) is 0 Å². The fourth-order valence-corrected chi connectivity index (χ4v) is 0.885. The molecule has 0 aromatic carbocycles. The highest BCUT2D eigenvalue weighted by Crippen LogP contribution is 1.96. The fourth-order valence-electron chi connectivity index (χ4n) is 0.885. The molecule has 0 bridgehead atoms. The van der Waals surface area contributed by atoms with Crippen molar-refractivity contribution in [2.24, 2.45) is 0 Å². The lowest BCUT2D eigenvalue weighted by Crippen LogP contribution is -2.41. The molecule has 0 radical (unpaired) electrons. The van der Waals surface area contributed by atoms with Gasteiger partial charge in [0.05, 0.1) is 6.61 Å². The van der Waals surface area contributed by atoms with Gasteiger partial charge in [-0.3, -0.25) is 4.79 Å². The Morgan fingerprint density at radius 1 is 1.55 bits per heavy atom. The van der Waals surface area contributed by atoms with Crippen molar-refractivity contribution in [3.63, 3.8) is 0 Å². The van der Waals surface area contributed by atoms with Gasteiger partial charge in [0.1, 0.15) is 6.61 Å². The summed E-state index contributed by atoms with van der Waals surface area (Å²) in [6.45, 7) is 8.51. The van der Waals surface area contributed by atoms with Crippen LogP contribution in [0.4, 0.5) is 0 Å². The van der Waals surface area contributed by atoms with E-state index in [2.05, 4.69) is 0 Å². The van der Waals surface area contributed by atoms with Crippen LogP contribution in [0.25, 0.3) is 0 Å². The van der Waals surface area contributed by atoms with Gasteiger partial charge in [0.2, 0.25) is 5.91 Å². The first-order chi connectivity index (χ1) is 5.34. The lowest BCUT2D eigenvalue weighted by Gasteiger charge is -2.24. The summed E-state index contributed by atoms with van der Waals surface area (Å²) in [6.07, 6.45) is 0. The minimum absolute atomic E-state index is 0.115. The first kappa shape index (κ1) is 10.4. The molecule has 0 aliphatic carbocycles. The standard InChI is InChI=1S/C6H11NO2.C2H6/c1-2-7-3-4-9-5-6(7)8;1-2/h2-5H2,1H3;1-2H3. The van der Waals surface area contributed by atoms with Crippen LogP contribution in [0.5, 0.6) is 0 Å². The molecular weight excluding hydrogens is 142 g/mol. The van der Waals surface area contributed by atoms with E-state index in [4.69, 9.17) is 4.74 Å². The molecule has 1 amide bonds. The van der Waals surface area contributed by atoms with Gasteiger partial charge in [-0.1, -0.05) is 13.8 Å². The van der Waals surface area contributed by atoms with E-state index in [0.717, 1.165) is 13.1 Å². The van der Waals surface area contributed by atoms with Crippen molar-refractivity contribution in [1.29, 1.82) is 0 Å². The van der Waals surface area contributed by atoms with Gasteiger partial charge in [-0.2, -0.15) is 0 Å². The van der Waals surface area contributed by atoms with E-state index >= 15 is 0 Å². The second kappa shape index (κ2) is 6.16. The first-order valence-electron chi connectivity index (χ1n) is 4.20. The zero-order chi connectivity index (χ0) is 8.69. The van der Waals surface area contributed by atoms with Crippen LogP contribution in [-0.2, 0) is 9.53 Å². The summed E-state index contributed by atoms with van der Waals surface area (Å²) in [5.41, 5.74) is 0. The maximum absolute atomic E-state index is 10.8. The SMILES string of the molecule is CC.CCN1CCOCC1=O. The Labute approximate surface area is 68.3 Å². The number of likely N-dealkylation sites (N-methyl/N-ethyl adjacent to an activating group) is 1. The van der Waals surface area contributed by atoms with E-state index in [-0.39, 0.29) is 12.5 Å². The number of nitrogens with zero attached hydrogens (tertiary/aromatic N) is 1. The first-order valence-corrected chi connectivity index (χ1v) is 4.20. The lowest BCUT2D eigenvalue weighted by molar-refractivity contribution is -0.142. The maximum atomic E-state index is 10.8. The molecule has 3 heteroatoms. The normalized spacial score (nSPS) is 17.4. The Balaban J connectivity index is 0.000000461. The highest BCUT2D eigenvalue weighted by Gasteiger charge is 2.15. The molecule has 1 saturated heterocycles. The molecule has 1 aliphatic rings. The smallest absolute Gasteiger partial charge is 0.248 e. The number of amides is 1. The van der Waals surface area contributed by atoms with Gasteiger partial charge >= 0.3 is 0 Å². The highest BCUT2D eigenvalue weighted by atomic mass is 16.5. The summed E-state index contributed by atoms with van der Waals surface area (Å²) >= 11 is 0. The van der Waals surface area contributed by atoms with Gasteiger partial charge in [0.15, 0.2) is 0 Å². The number of morpholine rings is 1. The third kappa shape index (κ3) is 3.37. The van der Waals surface area contributed by atoms with Crippen LogP contribution < -0.4 is 0 Å². The number of rotatable bonds is 1. The van der Waals surface area contributed by atoms with E-state index in [9.17, 15) is 4.79 Å². The second-order valence-corrected chi connectivity index (χ2v) is 2.03. The molecule has 0 aromatic heterocycles. The molecular formula is C8H17NO2. The van der Waals surface area contributed by atoms with Crippen LogP contribution in [0, 0.1) is 0 Å². The van der Waals surface area contributed by atoms with Crippen LogP contribution in [0.3, 0.4) is 0 Å². The number of hydrogen-bond donors (Lipinski definition) is 0. The number of carbonyl (C=O) groups is 1. The van der Waals surface area contributed by atoms with Gasteiger partial charge in [0.25, 0.3) is 0 Å². The van der Waals surface area contributed by atoms with Crippen molar-refractivity contribution in [3.05, 3.63) is 0 Å². The molecule has 0 spiro atoms. The number of carbonyl (C=O) groups excluding carboxylic acids is 1. The third-order valence-corrected chi connectivity index (χ3v) is 1.47. The lowest BCUT2D eigenvalue weighted by atomic mass is 10.4. The Morgan fingerprint density at radius 2 is 2.18 bits per heavy atom. The van der Waals surface area contributed by atoms with Gasteiger partial charge in [-0.05, 0) is 6.92 Å². The van der Waals surface area contributed by atoms with E-state index in [1.54, 1.807) is 4.90 Å². The largest absolute Gasteiger partial charge is 0.370 e. The molecule has 0 unspecified atom stereocenters. The van der Waals surface area contributed by atoms with Crippen molar-refractivity contribution < 1.29 is 9.53 Å². The van der Waals surface area contributed by atoms with E-state index in [1.807, 2.05) is 20.8 Å². The van der Waals surface area contributed by atoms with Crippen molar-refractivity contribution in [1.82, 2.24) is 4.90 Å². The predicted octanol–water partition coefficient (Wildman–Crippen LogP) is 0.891. The van der Waals surface area contributed by atoms with Gasteiger partial charge in [-0.15, -0.1) is 0 Å². The Hall–Kier alpha value is -0.570. The van der Waals surface area contributed by atoms with Crippen LogP contribution in [0.1, 0.15) is 20.8 Å². The molecule has 1 aliphatic heterocycles. The molecule has 0 saturated carbocycles. The topological polar surface area (TPSA) is 29.5 Å². The minimum Gasteiger partial charge on any atom is -0.370 e. The zero-order valence-corrected chi connectivity index (χ0v) is 7.59. The molecule has 1 fully saturated rings. The summed E-state index contributed by atoms with van der Waals surface area (Å²) in [5, 5.41) is 0. The van der Waals surface area contributed by atoms with Crippen LogP contribution in [0.2, 0.25) is 0 Å². The molecule has 1 rings (SSSR count). The Kier molecular flexibility index (Phi) is 5.84. The van der Waals surface area contributed by atoms with Crippen molar-refractivity contribution in [2.75, 3.05) is 26.3 Å².